The molecule has 0 bridgehead atoms. The first-order valence-corrected chi connectivity index (χ1v) is 7.71. The van der Waals surface area contributed by atoms with Crippen LogP contribution in [0.25, 0.3) is 0 Å². The Morgan fingerprint density at radius 2 is 2.15 bits per heavy atom. The summed E-state index contributed by atoms with van der Waals surface area (Å²) in [5, 5.41) is 11.6. The number of rotatable bonds is 6. The first-order valence-electron chi connectivity index (χ1n) is 6.31. The number of hydrogen-bond acceptors (Lipinski definition) is 3. The van der Waals surface area contributed by atoms with E-state index in [-0.39, 0.29) is 17.6 Å². The van der Waals surface area contributed by atoms with Crippen molar-refractivity contribution < 1.29 is 14.7 Å². The van der Waals surface area contributed by atoms with Crippen molar-refractivity contribution in [1.29, 1.82) is 0 Å². The molecule has 0 radical (unpaired) electrons. The van der Waals surface area contributed by atoms with Crippen LogP contribution in [-0.4, -0.2) is 47.1 Å². The molecule has 0 aromatic heterocycles. The van der Waals surface area contributed by atoms with Crippen LogP contribution in [0.15, 0.2) is 24.3 Å². The van der Waals surface area contributed by atoms with Crippen molar-refractivity contribution in [2.24, 2.45) is 0 Å². The highest BCUT2D eigenvalue weighted by Crippen LogP contribution is 2.13. The van der Waals surface area contributed by atoms with Crippen LogP contribution in [0.3, 0.4) is 0 Å². The van der Waals surface area contributed by atoms with Gasteiger partial charge in [-0.15, -0.1) is 0 Å². The number of thioether (sulfide) groups is 1. The zero-order chi connectivity index (χ0) is 15.1. The molecule has 0 aliphatic carbocycles. The lowest BCUT2D eigenvalue weighted by Crippen LogP contribution is -2.38. The van der Waals surface area contributed by atoms with Crippen molar-refractivity contribution in [2.75, 3.05) is 24.4 Å². The monoisotopic (exact) mass is 296 g/mol. The number of amides is 2. The SMILES string of the molecule is CSCCC(C)N(C)C(=O)Nc1cccc(C(=O)O)c1. The summed E-state index contributed by atoms with van der Waals surface area (Å²) in [4.78, 5) is 24.6. The molecule has 1 unspecified atom stereocenters. The Balaban J connectivity index is 2.65. The number of hydrogen-bond donors (Lipinski definition) is 2. The van der Waals surface area contributed by atoms with E-state index in [1.807, 2.05) is 13.2 Å². The van der Waals surface area contributed by atoms with Crippen LogP contribution in [0.5, 0.6) is 0 Å². The van der Waals surface area contributed by atoms with Crippen molar-refractivity contribution in [3.63, 3.8) is 0 Å². The van der Waals surface area contributed by atoms with Crippen LogP contribution < -0.4 is 5.32 Å². The van der Waals surface area contributed by atoms with Gasteiger partial charge in [0, 0.05) is 18.8 Å². The average Bonchev–Trinajstić information content (AvgIpc) is 2.44. The topological polar surface area (TPSA) is 69.6 Å². The highest BCUT2D eigenvalue weighted by Gasteiger charge is 2.15. The van der Waals surface area contributed by atoms with E-state index < -0.39 is 5.97 Å². The number of benzene rings is 1. The Hall–Kier alpha value is -1.69. The second-order valence-corrected chi connectivity index (χ2v) is 5.54. The fraction of sp³-hybridized carbons (Fsp3) is 0.429. The molecule has 0 aliphatic heterocycles. The van der Waals surface area contributed by atoms with Gasteiger partial charge in [-0.1, -0.05) is 6.07 Å². The number of aromatic carboxylic acids is 1. The predicted octanol–water partition coefficient (Wildman–Crippen LogP) is 2.99. The molecule has 110 valence electrons. The standard InChI is InChI=1S/C14H20N2O3S/c1-10(7-8-20-3)16(2)14(19)15-12-6-4-5-11(9-12)13(17)18/h4-6,9-10H,7-8H2,1-3H3,(H,15,19)(H,17,18). The first kappa shape index (κ1) is 16.4. The summed E-state index contributed by atoms with van der Waals surface area (Å²) in [5.41, 5.74) is 0.639. The van der Waals surface area contributed by atoms with E-state index in [1.54, 1.807) is 35.8 Å². The fourth-order valence-electron chi connectivity index (χ4n) is 1.62. The zero-order valence-electron chi connectivity index (χ0n) is 11.9. The number of nitrogens with one attached hydrogen (secondary N) is 1. The van der Waals surface area contributed by atoms with Gasteiger partial charge < -0.3 is 15.3 Å². The Bertz CT molecular complexity index is 479. The van der Waals surface area contributed by atoms with Gasteiger partial charge in [0.2, 0.25) is 0 Å². The molecule has 2 N–H and O–H groups in total. The van der Waals surface area contributed by atoms with Crippen LogP contribution in [0, 0.1) is 0 Å². The van der Waals surface area contributed by atoms with E-state index in [1.165, 1.54) is 12.1 Å². The molecule has 0 aliphatic rings. The molecular weight excluding hydrogens is 276 g/mol. The first-order chi connectivity index (χ1) is 9.45. The van der Waals surface area contributed by atoms with Crippen molar-refractivity contribution in [1.82, 2.24) is 4.90 Å². The molecule has 0 saturated heterocycles. The van der Waals surface area contributed by atoms with E-state index in [0.29, 0.717) is 5.69 Å². The molecule has 0 spiro atoms. The minimum absolute atomic E-state index is 0.130. The number of carboxylic acids is 1. The van der Waals surface area contributed by atoms with Gasteiger partial charge in [-0.25, -0.2) is 9.59 Å². The molecule has 20 heavy (non-hydrogen) atoms. The third-order valence-corrected chi connectivity index (χ3v) is 3.73. The number of carbonyl (C=O) groups is 2. The number of carbonyl (C=O) groups excluding carboxylic acids is 1. The van der Waals surface area contributed by atoms with Crippen LogP contribution in [0.1, 0.15) is 23.7 Å². The van der Waals surface area contributed by atoms with Gasteiger partial charge in [-0.2, -0.15) is 11.8 Å². The molecule has 1 atom stereocenters. The molecule has 1 rings (SSSR count). The highest BCUT2D eigenvalue weighted by molar-refractivity contribution is 7.98. The lowest BCUT2D eigenvalue weighted by molar-refractivity contribution is 0.0697. The molecule has 6 heteroatoms. The number of carboxylic acid groups (broad SMARTS) is 1. The van der Waals surface area contributed by atoms with Gasteiger partial charge >= 0.3 is 12.0 Å². The maximum absolute atomic E-state index is 12.1. The van der Waals surface area contributed by atoms with Gasteiger partial charge in [-0.3, -0.25) is 0 Å². The van der Waals surface area contributed by atoms with Crippen molar-refractivity contribution >= 4 is 29.4 Å². The maximum Gasteiger partial charge on any atom is 0.335 e. The van der Waals surface area contributed by atoms with Crippen LogP contribution in [-0.2, 0) is 0 Å². The smallest absolute Gasteiger partial charge is 0.335 e. The van der Waals surface area contributed by atoms with E-state index in [2.05, 4.69) is 5.32 Å². The number of nitrogens with zero attached hydrogens (tertiary/aromatic N) is 1. The lowest BCUT2D eigenvalue weighted by atomic mass is 10.2. The predicted molar refractivity (Wildman–Crippen MR) is 82.6 cm³/mol. The molecule has 1 aromatic carbocycles. The maximum atomic E-state index is 12.1. The normalized spacial score (nSPS) is 11.8. The van der Waals surface area contributed by atoms with Crippen molar-refractivity contribution in [3.8, 4) is 0 Å². The van der Waals surface area contributed by atoms with Crippen LogP contribution >= 0.6 is 11.8 Å². The molecule has 2 amide bonds. The third-order valence-electron chi connectivity index (χ3n) is 3.08. The van der Waals surface area contributed by atoms with Gasteiger partial charge in [0.25, 0.3) is 0 Å². The second-order valence-electron chi connectivity index (χ2n) is 4.56. The van der Waals surface area contributed by atoms with Crippen LogP contribution in [0.2, 0.25) is 0 Å². The van der Waals surface area contributed by atoms with Crippen molar-refractivity contribution in [3.05, 3.63) is 29.8 Å². The quantitative estimate of drug-likeness (QED) is 0.846. The fourth-order valence-corrected chi connectivity index (χ4v) is 2.20. The van der Waals surface area contributed by atoms with E-state index in [0.717, 1.165) is 12.2 Å². The highest BCUT2D eigenvalue weighted by atomic mass is 32.2. The summed E-state index contributed by atoms with van der Waals surface area (Å²) >= 11 is 1.74. The molecule has 0 fully saturated rings. The Labute approximate surface area is 123 Å². The van der Waals surface area contributed by atoms with Gasteiger partial charge in [0.1, 0.15) is 0 Å². The lowest BCUT2D eigenvalue weighted by Gasteiger charge is -2.25. The molecule has 5 nitrogen and oxygen atoms in total. The summed E-state index contributed by atoms with van der Waals surface area (Å²) in [7, 11) is 1.74. The van der Waals surface area contributed by atoms with Crippen LogP contribution in [0.4, 0.5) is 10.5 Å². The Morgan fingerprint density at radius 3 is 2.75 bits per heavy atom. The van der Waals surface area contributed by atoms with Gasteiger partial charge in [0.15, 0.2) is 0 Å². The molecular formula is C14H20N2O3S. The zero-order valence-corrected chi connectivity index (χ0v) is 12.7. The van der Waals surface area contributed by atoms with E-state index >= 15 is 0 Å². The summed E-state index contributed by atoms with van der Waals surface area (Å²) in [5.74, 6) is -0.0180. The molecule has 0 heterocycles. The minimum Gasteiger partial charge on any atom is -0.478 e. The summed E-state index contributed by atoms with van der Waals surface area (Å²) in [6.07, 6.45) is 2.95. The van der Waals surface area contributed by atoms with E-state index in [4.69, 9.17) is 5.11 Å². The second kappa shape index (κ2) is 7.79. The number of urea groups is 1. The van der Waals surface area contributed by atoms with E-state index in [9.17, 15) is 9.59 Å². The minimum atomic E-state index is -1.01. The summed E-state index contributed by atoms with van der Waals surface area (Å²) < 4.78 is 0. The largest absolute Gasteiger partial charge is 0.478 e. The average molecular weight is 296 g/mol. The summed E-state index contributed by atoms with van der Waals surface area (Å²) in [6.45, 7) is 1.99. The third kappa shape index (κ3) is 4.77. The molecule has 1 aromatic rings. The molecule has 0 saturated carbocycles. The summed E-state index contributed by atoms with van der Waals surface area (Å²) in [6, 6.07) is 6.11. The van der Waals surface area contributed by atoms with Gasteiger partial charge in [-0.05, 0) is 43.6 Å². The Kier molecular flexibility index (Phi) is 6.38. The van der Waals surface area contributed by atoms with Gasteiger partial charge in [0.05, 0.1) is 5.56 Å². The number of anilines is 1. The van der Waals surface area contributed by atoms with Crippen molar-refractivity contribution in [2.45, 2.75) is 19.4 Å². The Morgan fingerprint density at radius 1 is 1.45 bits per heavy atom.